The van der Waals surface area contributed by atoms with Crippen molar-refractivity contribution in [3.8, 4) is 11.4 Å². The van der Waals surface area contributed by atoms with Crippen LogP contribution in [0.5, 0.6) is 0 Å². The third-order valence-electron chi connectivity index (χ3n) is 5.92. The van der Waals surface area contributed by atoms with Crippen LogP contribution in [-0.4, -0.2) is 15.3 Å². The van der Waals surface area contributed by atoms with Crippen LogP contribution < -0.4 is 5.56 Å². The summed E-state index contributed by atoms with van der Waals surface area (Å²) >= 11 is 1.59. The summed E-state index contributed by atoms with van der Waals surface area (Å²) in [5.74, 6) is -0.109. The minimum atomic E-state index is -0.356. The summed E-state index contributed by atoms with van der Waals surface area (Å²) in [6.45, 7) is 3.48. The van der Waals surface area contributed by atoms with Gasteiger partial charge in [-0.3, -0.25) is 14.2 Å². The maximum atomic E-state index is 13.7. The highest BCUT2D eigenvalue weighted by Crippen LogP contribution is 2.35. The largest absolute Gasteiger partial charge is 0.292 e. The first kappa shape index (κ1) is 19.8. The molecule has 1 aliphatic carbocycles. The number of carbonyl (C=O) groups is 1. The number of ketones is 1. The molecule has 0 aliphatic heterocycles. The fraction of sp³-hybridized carbons (Fsp3) is 0.240. The lowest BCUT2D eigenvalue weighted by molar-refractivity contribution is 0.0971. The second kappa shape index (κ2) is 7.54. The Hall–Kier alpha value is -3.12. The average molecular weight is 433 g/mol. The number of halogens is 1. The van der Waals surface area contributed by atoms with Crippen LogP contribution in [0.15, 0.2) is 47.3 Å². The standard InChI is InChI=1S/C25H21FN2O2S/c1-14-6-8-16(9-7-14)23-27-24-22(18-4-3-5-21(18)31-24)25(30)28(23)13-20(29)17-10-11-19(26)15(2)12-17/h6-12H,3-5,13H2,1-2H3. The van der Waals surface area contributed by atoms with Gasteiger partial charge in [0.15, 0.2) is 5.78 Å². The number of rotatable bonds is 4. The third-order valence-corrected chi connectivity index (χ3v) is 7.10. The van der Waals surface area contributed by atoms with Crippen molar-refractivity contribution in [3.63, 3.8) is 0 Å². The van der Waals surface area contributed by atoms with Crippen LogP contribution in [0.2, 0.25) is 0 Å². The monoisotopic (exact) mass is 432 g/mol. The van der Waals surface area contributed by atoms with Crippen LogP contribution in [0.25, 0.3) is 21.6 Å². The number of hydrogen-bond acceptors (Lipinski definition) is 4. The lowest BCUT2D eigenvalue weighted by atomic mass is 10.1. The first-order valence-electron chi connectivity index (χ1n) is 10.3. The van der Waals surface area contributed by atoms with E-state index in [1.165, 1.54) is 27.6 Å². The van der Waals surface area contributed by atoms with Crippen molar-refractivity contribution in [2.24, 2.45) is 0 Å². The van der Waals surface area contributed by atoms with Gasteiger partial charge in [0.2, 0.25) is 0 Å². The van der Waals surface area contributed by atoms with Gasteiger partial charge in [-0.1, -0.05) is 29.8 Å². The van der Waals surface area contributed by atoms with Crippen molar-refractivity contribution in [2.75, 3.05) is 0 Å². The average Bonchev–Trinajstić information content (AvgIpc) is 3.33. The molecule has 4 nitrogen and oxygen atoms in total. The van der Waals surface area contributed by atoms with Gasteiger partial charge in [-0.2, -0.15) is 0 Å². The molecular weight excluding hydrogens is 411 g/mol. The van der Waals surface area contributed by atoms with E-state index in [0.717, 1.165) is 40.8 Å². The Morgan fingerprint density at radius 2 is 1.90 bits per heavy atom. The number of fused-ring (bicyclic) bond motifs is 3. The van der Waals surface area contributed by atoms with Crippen molar-refractivity contribution < 1.29 is 9.18 Å². The first-order valence-corrected chi connectivity index (χ1v) is 11.2. The van der Waals surface area contributed by atoms with E-state index in [0.29, 0.717) is 22.3 Å². The van der Waals surface area contributed by atoms with Crippen molar-refractivity contribution in [3.05, 3.63) is 85.8 Å². The van der Waals surface area contributed by atoms with Gasteiger partial charge in [0.25, 0.3) is 5.56 Å². The molecule has 0 saturated heterocycles. The Labute approximate surface area is 183 Å². The van der Waals surface area contributed by atoms with Gasteiger partial charge in [0.05, 0.1) is 11.9 Å². The zero-order chi connectivity index (χ0) is 21.7. The molecule has 4 aromatic rings. The number of Topliss-reactive ketones (excluding diaryl/α,β-unsaturated/α-hetero) is 1. The summed E-state index contributed by atoms with van der Waals surface area (Å²) in [5, 5.41) is 0.649. The van der Waals surface area contributed by atoms with E-state index >= 15 is 0 Å². The zero-order valence-electron chi connectivity index (χ0n) is 17.4. The van der Waals surface area contributed by atoms with E-state index in [-0.39, 0.29) is 23.7 Å². The van der Waals surface area contributed by atoms with Gasteiger partial charge in [-0.05, 0) is 62.4 Å². The number of benzene rings is 2. The molecule has 0 atom stereocenters. The topological polar surface area (TPSA) is 52.0 Å². The molecular formula is C25H21FN2O2S. The molecule has 1 aliphatic rings. The lowest BCUT2D eigenvalue weighted by Crippen LogP contribution is -2.27. The molecule has 2 heterocycles. The number of aryl methyl sites for hydroxylation is 4. The zero-order valence-corrected chi connectivity index (χ0v) is 18.2. The number of hydrogen-bond donors (Lipinski definition) is 0. The Morgan fingerprint density at radius 3 is 2.65 bits per heavy atom. The van der Waals surface area contributed by atoms with Gasteiger partial charge >= 0.3 is 0 Å². The van der Waals surface area contributed by atoms with E-state index in [2.05, 4.69) is 0 Å². The normalized spacial score (nSPS) is 13.0. The quantitative estimate of drug-likeness (QED) is 0.414. The summed E-state index contributed by atoms with van der Waals surface area (Å²) in [6, 6.07) is 12.1. The van der Waals surface area contributed by atoms with Crippen molar-refractivity contribution >= 4 is 27.3 Å². The predicted octanol–water partition coefficient (Wildman–Crippen LogP) is 5.25. The van der Waals surface area contributed by atoms with Crippen LogP contribution in [0.4, 0.5) is 4.39 Å². The minimum absolute atomic E-state index is 0.138. The number of aromatic nitrogens is 2. The summed E-state index contributed by atoms with van der Waals surface area (Å²) in [6.07, 6.45) is 2.90. The molecule has 2 aromatic heterocycles. The Bertz CT molecular complexity index is 1400. The molecule has 0 spiro atoms. The van der Waals surface area contributed by atoms with E-state index in [1.807, 2.05) is 31.2 Å². The van der Waals surface area contributed by atoms with E-state index in [9.17, 15) is 14.0 Å². The summed E-state index contributed by atoms with van der Waals surface area (Å²) in [7, 11) is 0. The molecule has 0 amide bonds. The van der Waals surface area contributed by atoms with Crippen molar-refractivity contribution in [1.82, 2.24) is 9.55 Å². The molecule has 0 bridgehead atoms. The number of thiophene rings is 1. The fourth-order valence-electron chi connectivity index (χ4n) is 4.20. The molecule has 6 heteroatoms. The SMILES string of the molecule is Cc1ccc(-c2nc3sc4c(c3c(=O)n2CC(=O)c2ccc(F)c(C)c2)CCC4)cc1. The third kappa shape index (κ3) is 3.41. The molecule has 31 heavy (non-hydrogen) atoms. The molecule has 2 aromatic carbocycles. The Kier molecular flexibility index (Phi) is 4.82. The highest BCUT2D eigenvalue weighted by molar-refractivity contribution is 7.18. The Balaban J connectivity index is 1.68. The maximum Gasteiger partial charge on any atom is 0.263 e. The highest BCUT2D eigenvalue weighted by Gasteiger charge is 2.24. The van der Waals surface area contributed by atoms with Crippen LogP contribution in [0.1, 0.15) is 38.3 Å². The number of nitrogens with zero attached hydrogens (tertiary/aromatic N) is 2. The molecule has 5 rings (SSSR count). The molecule has 0 fully saturated rings. The summed E-state index contributed by atoms with van der Waals surface area (Å²) in [5.41, 5.74) is 3.60. The second-order valence-electron chi connectivity index (χ2n) is 8.12. The van der Waals surface area contributed by atoms with Gasteiger partial charge in [0.1, 0.15) is 16.5 Å². The maximum absolute atomic E-state index is 13.7. The molecule has 0 saturated carbocycles. The van der Waals surface area contributed by atoms with Crippen molar-refractivity contribution in [1.29, 1.82) is 0 Å². The number of carbonyl (C=O) groups excluding carboxylic acids is 1. The van der Waals surface area contributed by atoms with Gasteiger partial charge in [0, 0.05) is 16.0 Å². The van der Waals surface area contributed by atoms with Crippen LogP contribution in [0.3, 0.4) is 0 Å². The first-order chi connectivity index (χ1) is 14.9. The van der Waals surface area contributed by atoms with Crippen LogP contribution in [0, 0.1) is 19.7 Å². The van der Waals surface area contributed by atoms with E-state index in [4.69, 9.17) is 4.98 Å². The van der Waals surface area contributed by atoms with Gasteiger partial charge < -0.3 is 0 Å². The lowest BCUT2D eigenvalue weighted by Gasteiger charge is -2.13. The summed E-state index contributed by atoms with van der Waals surface area (Å²) < 4.78 is 15.1. The smallest absolute Gasteiger partial charge is 0.263 e. The second-order valence-corrected chi connectivity index (χ2v) is 9.20. The molecule has 0 unspecified atom stereocenters. The fourth-order valence-corrected chi connectivity index (χ4v) is 5.45. The van der Waals surface area contributed by atoms with Gasteiger partial charge in [-0.15, -0.1) is 11.3 Å². The molecule has 0 N–H and O–H groups in total. The summed E-state index contributed by atoms with van der Waals surface area (Å²) in [4.78, 5) is 33.5. The Morgan fingerprint density at radius 1 is 1.13 bits per heavy atom. The van der Waals surface area contributed by atoms with E-state index in [1.54, 1.807) is 18.3 Å². The van der Waals surface area contributed by atoms with Crippen LogP contribution in [-0.2, 0) is 19.4 Å². The minimum Gasteiger partial charge on any atom is -0.292 e. The highest BCUT2D eigenvalue weighted by atomic mass is 32.1. The predicted molar refractivity (Wildman–Crippen MR) is 122 cm³/mol. The van der Waals surface area contributed by atoms with Crippen molar-refractivity contribution in [2.45, 2.75) is 39.7 Å². The van der Waals surface area contributed by atoms with E-state index < -0.39 is 0 Å². The van der Waals surface area contributed by atoms with Crippen LogP contribution >= 0.6 is 11.3 Å². The molecule has 156 valence electrons. The van der Waals surface area contributed by atoms with Gasteiger partial charge in [-0.25, -0.2) is 9.37 Å². The molecule has 0 radical (unpaired) electrons.